The maximum atomic E-state index is 13.7. The average Bonchev–Trinajstić information content (AvgIpc) is 2.30. The molecule has 0 radical (unpaired) electrons. The van der Waals surface area contributed by atoms with Gasteiger partial charge in [-0.1, -0.05) is 24.4 Å². The van der Waals surface area contributed by atoms with Crippen molar-refractivity contribution < 1.29 is 4.39 Å². The molecular weight excluding hydrogens is 261 g/mol. The maximum Gasteiger partial charge on any atom is 0.146 e. The summed E-state index contributed by atoms with van der Waals surface area (Å²) < 4.78 is 13.7. The van der Waals surface area contributed by atoms with E-state index in [0.29, 0.717) is 16.9 Å². The zero-order valence-electron chi connectivity index (χ0n) is 10.7. The van der Waals surface area contributed by atoms with Crippen molar-refractivity contribution in [1.29, 1.82) is 0 Å². The normalized spacial score (nSPS) is 10.3. The van der Waals surface area contributed by atoms with E-state index >= 15 is 0 Å². The summed E-state index contributed by atoms with van der Waals surface area (Å²) in [5, 5.41) is 3.02. The van der Waals surface area contributed by atoms with Gasteiger partial charge in [0.15, 0.2) is 0 Å². The Labute approximate surface area is 116 Å². The summed E-state index contributed by atoms with van der Waals surface area (Å²) in [4.78, 5) is 4.56. The van der Waals surface area contributed by atoms with Crippen LogP contribution in [-0.2, 0) is 0 Å². The predicted molar refractivity (Wildman–Crippen MR) is 79.3 cm³/mol. The van der Waals surface area contributed by atoms with Gasteiger partial charge in [-0.25, -0.2) is 4.39 Å². The van der Waals surface area contributed by atoms with E-state index in [1.165, 1.54) is 6.07 Å². The minimum absolute atomic E-state index is 0.240. The van der Waals surface area contributed by atoms with Crippen LogP contribution in [-0.4, -0.2) is 9.97 Å². The molecule has 0 atom stereocenters. The quantitative estimate of drug-likeness (QED) is 0.845. The van der Waals surface area contributed by atoms with Crippen molar-refractivity contribution in [2.24, 2.45) is 5.73 Å². The molecular formula is C14H14FN3S. The number of nitrogens with one attached hydrogen (secondary N) is 1. The summed E-state index contributed by atoms with van der Waals surface area (Å²) in [7, 11) is 0. The molecule has 19 heavy (non-hydrogen) atoms. The van der Waals surface area contributed by atoms with Crippen LogP contribution >= 0.6 is 12.2 Å². The number of aromatic nitrogens is 1. The van der Waals surface area contributed by atoms with Gasteiger partial charge in [-0.2, -0.15) is 0 Å². The zero-order valence-corrected chi connectivity index (χ0v) is 11.5. The number of rotatable bonds is 3. The fourth-order valence-electron chi connectivity index (χ4n) is 1.95. The third-order valence-corrected chi connectivity index (χ3v) is 2.92. The molecule has 0 fully saturated rings. The van der Waals surface area contributed by atoms with Crippen LogP contribution in [0.25, 0.3) is 0 Å². The smallest absolute Gasteiger partial charge is 0.146 e. The van der Waals surface area contributed by atoms with Crippen molar-refractivity contribution in [3.8, 4) is 0 Å². The monoisotopic (exact) mass is 275 g/mol. The Hall–Kier alpha value is -2.01. The van der Waals surface area contributed by atoms with Crippen molar-refractivity contribution in [2.75, 3.05) is 5.32 Å². The number of halogens is 1. The molecule has 2 aromatic rings. The Bertz CT molecular complexity index is 641. The molecule has 0 saturated heterocycles. The number of hydrogen-bond donors (Lipinski definition) is 2. The zero-order chi connectivity index (χ0) is 14.0. The second-order valence-electron chi connectivity index (χ2n) is 4.24. The molecule has 0 aliphatic heterocycles. The highest BCUT2D eigenvalue weighted by atomic mass is 32.1. The minimum atomic E-state index is -0.330. The number of hydrogen-bond acceptors (Lipinski definition) is 3. The molecule has 1 aromatic heterocycles. The molecule has 1 aromatic carbocycles. The van der Waals surface area contributed by atoms with E-state index in [1.54, 1.807) is 24.3 Å². The molecule has 3 N–H and O–H groups in total. The topological polar surface area (TPSA) is 50.9 Å². The van der Waals surface area contributed by atoms with Crippen molar-refractivity contribution in [2.45, 2.75) is 13.8 Å². The van der Waals surface area contributed by atoms with Crippen molar-refractivity contribution in [3.05, 3.63) is 53.1 Å². The van der Waals surface area contributed by atoms with Crippen molar-refractivity contribution in [1.82, 2.24) is 4.98 Å². The van der Waals surface area contributed by atoms with Gasteiger partial charge >= 0.3 is 0 Å². The minimum Gasteiger partial charge on any atom is -0.389 e. The standard InChI is InChI=1S/C14H14FN3S/c1-8-7-12(13(14(16)19)9(2)17-8)18-11-6-4-3-5-10(11)15/h3-7H,1-2H3,(H2,16,19)(H,17,18). The van der Waals surface area contributed by atoms with Crippen LogP contribution in [0.4, 0.5) is 15.8 Å². The van der Waals surface area contributed by atoms with Crippen LogP contribution < -0.4 is 11.1 Å². The Morgan fingerprint density at radius 2 is 1.95 bits per heavy atom. The molecule has 2 rings (SSSR count). The number of pyridine rings is 1. The van der Waals surface area contributed by atoms with E-state index in [4.69, 9.17) is 18.0 Å². The molecule has 5 heteroatoms. The van der Waals surface area contributed by atoms with Crippen molar-refractivity contribution >= 4 is 28.6 Å². The first-order chi connectivity index (χ1) is 8.99. The second-order valence-corrected chi connectivity index (χ2v) is 4.68. The molecule has 0 unspecified atom stereocenters. The molecule has 0 amide bonds. The summed E-state index contributed by atoms with van der Waals surface area (Å²) >= 11 is 5.03. The lowest BCUT2D eigenvalue weighted by Crippen LogP contribution is -2.15. The highest BCUT2D eigenvalue weighted by Gasteiger charge is 2.12. The lowest BCUT2D eigenvalue weighted by molar-refractivity contribution is 0.632. The van der Waals surface area contributed by atoms with Crippen LogP contribution in [0.1, 0.15) is 17.0 Å². The van der Waals surface area contributed by atoms with E-state index < -0.39 is 0 Å². The number of nitrogens with two attached hydrogens (primary N) is 1. The Balaban J connectivity index is 2.51. The lowest BCUT2D eigenvalue weighted by Gasteiger charge is -2.14. The van der Waals surface area contributed by atoms with Gasteiger partial charge in [-0.15, -0.1) is 0 Å². The van der Waals surface area contributed by atoms with Crippen LogP contribution in [0, 0.1) is 19.7 Å². The van der Waals surface area contributed by atoms with Gasteiger partial charge in [0.1, 0.15) is 10.8 Å². The summed E-state index contributed by atoms with van der Waals surface area (Å²) in [5.74, 6) is -0.330. The van der Waals surface area contributed by atoms with Crippen molar-refractivity contribution in [3.63, 3.8) is 0 Å². The van der Waals surface area contributed by atoms with E-state index in [1.807, 2.05) is 13.8 Å². The number of anilines is 2. The summed E-state index contributed by atoms with van der Waals surface area (Å²) in [5.41, 5.74) is 8.95. The van der Waals surface area contributed by atoms with Gasteiger partial charge in [0, 0.05) is 11.4 Å². The Morgan fingerprint density at radius 3 is 2.58 bits per heavy atom. The molecule has 0 spiro atoms. The number of benzene rings is 1. The molecule has 3 nitrogen and oxygen atoms in total. The lowest BCUT2D eigenvalue weighted by atomic mass is 10.1. The van der Waals surface area contributed by atoms with Gasteiger partial charge in [0.2, 0.25) is 0 Å². The van der Waals surface area contributed by atoms with E-state index in [-0.39, 0.29) is 10.8 Å². The predicted octanol–water partition coefficient (Wildman–Crippen LogP) is 3.22. The summed E-state index contributed by atoms with van der Waals surface area (Å²) in [6.07, 6.45) is 0. The van der Waals surface area contributed by atoms with Gasteiger partial charge < -0.3 is 11.1 Å². The molecule has 0 aliphatic carbocycles. The first kappa shape index (κ1) is 13.4. The summed E-state index contributed by atoms with van der Waals surface area (Å²) in [6, 6.07) is 8.24. The maximum absolute atomic E-state index is 13.7. The highest BCUT2D eigenvalue weighted by molar-refractivity contribution is 7.80. The highest BCUT2D eigenvalue weighted by Crippen LogP contribution is 2.25. The van der Waals surface area contributed by atoms with E-state index in [9.17, 15) is 4.39 Å². The van der Waals surface area contributed by atoms with E-state index in [2.05, 4.69) is 10.3 Å². The van der Waals surface area contributed by atoms with Crippen LogP contribution in [0.3, 0.4) is 0 Å². The molecule has 1 heterocycles. The second kappa shape index (κ2) is 5.32. The van der Waals surface area contributed by atoms with Gasteiger partial charge in [-0.3, -0.25) is 4.98 Å². The molecule has 98 valence electrons. The SMILES string of the molecule is Cc1cc(Nc2ccccc2F)c(C(N)=S)c(C)n1. The molecule has 0 aliphatic rings. The van der Waals surface area contributed by atoms with Crippen LogP contribution in [0.5, 0.6) is 0 Å². The number of nitrogens with zero attached hydrogens (tertiary/aromatic N) is 1. The number of aryl methyl sites for hydroxylation is 2. The number of thiocarbonyl (C=S) groups is 1. The van der Waals surface area contributed by atoms with Gasteiger partial charge in [0.05, 0.1) is 16.9 Å². The largest absolute Gasteiger partial charge is 0.389 e. The average molecular weight is 275 g/mol. The van der Waals surface area contributed by atoms with E-state index in [0.717, 1.165) is 11.4 Å². The third kappa shape index (κ3) is 2.88. The first-order valence-electron chi connectivity index (χ1n) is 5.78. The molecule has 0 saturated carbocycles. The summed E-state index contributed by atoms with van der Waals surface area (Å²) in [6.45, 7) is 3.69. The fraction of sp³-hybridized carbons (Fsp3) is 0.143. The third-order valence-electron chi connectivity index (χ3n) is 2.72. The van der Waals surface area contributed by atoms with Gasteiger partial charge in [-0.05, 0) is 32.0 Å². The Morgan fingerprint density at radius 1 is 1.26 bits per heavy atom. The fourth-order valence-corrected chi connectivity index (χ4v) is 2.20. The molecule has 0 bridgehead atoms. The van der Waals surface area contributed by atoms with Gasteiger partial charge in [0.25, 0.3) is 0 Å². The van der Waals surface area contributed by atoms with Crippen LogP contribution in [0.15, 0.2) is 30.3 Å². The van der Waals surface area contributed by atoms with Crippen LogP contribution in [0.2, 0.25) is 0 Å². The Kier molecular flexibility index (Phi) is 3.76. The number of para-hydroxylation sites is 1. The first-order valence-corrected chi connectivity index (χ1v) is 6.19.